The molecule has 4 N–H and O–H groups in total. The van der Waals surface area contributed by atoms with E-state index >= 15 is 0 Å². The van der Waals surface area contributed by atoms with Gasteiger partial charge in [-0.1, -0.05) is 32.0 Å². The smallest absolute Gasteiger partial charge is 0.128 e. The Bertz CT molecular complexity index is 381. The van der Waals surface area contributed by atoms with Crippen LogP contribution in [0.15, 0.2) is 24.3 Å². The lowest BCUT2D eigenvalue weighted by molar-refractivity contribution is 0.339. The van der Waals surface area contributed by atoms with Gasteiger partial charge in [0.05, 0.1) is 12.2 Å². The maximum Gasteiger partial charge on any atom is 0.128 e. The molecule has 1 fully saturated rings. The Balaban J connectivity index is 2.22. The zero-order valence-electron chi connectivity index (χ0n) is 10.3. The second-order valence-corrected chi connectivity index (χ2v) is 5.11. The van der Waals surface area contributed by atoms with Crippen molar-refractivity contribution in [3.63, 3.8) is 0 Å². The Morgan fingerprint density at radius 1 is 1.29 bits per heavy atom. The van der Waals surface area contributed by atoms with E-state index in [-0.39, 0.29) is 23.9 Å². The molecule has 1 saturated heterocycles. The molecule has 0 aromatic heterocycles. The van der Waals surface area contributed by atoms with Gasteiger partial charge in [0, 0.05) is 11.5 Å². The molecule has 0 amide bonds. The molecule has 0 radical (unpaired) electrons. The van der Waals surface area contributed by atoms with Crippen LogP contribution in [0.1, 0.15) is 31.9 Å². The third kappa shape index (κ3) is 2.65. The predicted octanol–water partition coefficient (Wildman–Crippen LogP) is 1.92. The van der Waals surface area contributed by atoms with E-state index in [0.29, 0.717) is 11.5 Å². The van der Waals surface area contributed by atoms with E-state index in [1.54, 1.807) is 6.07 Å². The van der Waals surface area contributed by atoms with Crippen LogP contribution in [-0.2, 0) is 0 Å². The predicted molar refractivity (Wildman–Crippen MR) is 66.3 cm³/mol. The average molecular weight is 237 g/mol. The van der Waals surface area contributed by atoms with E-state index in [4.69, 9.17) is 5.73 Å². The first kappa shape index (κ1) is 12.5. The van der Waals surface area contributed by atoms with E-state index in [9.17, 15) is 4.39 Å². The molecule has 2 rings (SSSR count). The summed E-state index contributed by atoms with van der Waals surface area (Å²) in [4.78, 5) is 0. The number of nitrogens with one attached hydrogen (secondary N) is 2. The number of halogens is 1. The summed E-state index contributed by atoms with van der Waals surface area (Å²) in [5.74, 6) is 0.587. The van der Waals surface area contributed by atoms with Gasteiger partial charge >= 0.3 is 0 Å². The van der Waals surface area contributed by atoms with Crippen LogP contribution >= 0.6 is 0 Å². The highest BCUT2D eigenvalue weighted by Crippen LogP contribution is 2.32. The summed E-state index contributed by atoms with van der Waals surface area (Å²) in [6.07, 6.45) is 0.849. The van der Waals surface area contributed by atoms with Crippen LogP contribution < -0.4 is 16.6 Å². The zero-order valence-corrected chi connectivity index (χ0v) is 10.3. The molecule has 0 aliphatic carbocycles. The summed E-state index contributed by atoms with van der Waals surface area (Å²) in [7, 11) is 0. The molecule has 3 nitrogen and oxygen atoms in total. The lowest BCUT2D eigenvalue weighted by atomic mass is 9.86. The summed E-state index contributed by atoms with van der Waals surface area (Å²) in [5.41, 5.74) is 12.8. The van der Waals surface area contributed by atoms with Crippen LogP contribution in [-0.4, -0.2) is 6.17 Å². The van der Waals surface area contributed by atoms with Crippen molar-refractivity contribution in [3.8, 4) is 0 Å². The first-order valence-corrected chi connectivity index (χ1v) is 6.10. The number of nitrogens with two attached hydrogens (primary N) is 1. The van der Waals surface area contributed by atoms with Crippen molar-refractivity contribution >= 4 is 0 Å². The van der Waals surface area contributed by atoms with E-state index < -0.39 is 0 Å². The molecule has 3 atom stereocenters. The van der Waals surface area contributed by atoms with Crippen molar-refractivity contribution in [1.82, 2.24) is 10.9 Å². The van der Waals surface area contributed by atoms with Gasteiger partial charge in [0.2, 0.25) is 0 Å². The molecule has 1 aromatic carbocycles. The Labute approximate surface area is 102 Å². The van der Waals surface area contributed by atoms with Gasteiger partial charge in [-0.2, -0.15) is 0 Å². The summed E-state index contributed by atoms with van der Waals surface area (Å²) in [6, 6.07) is 6.83. The largest absolute Gasteiger partial charge is 0.315 e. The maximum atomic E-state index is 13.8. The molecule has 1 aliphatic rings. The van der Waals surface area contributed by atoms with Gasteiger partial charge in [-0.05, 0) is 18.4 Å². The molecule has 1 heterocycles. The van der Waals surface area contributed by atoms with Crippen molar-refractivity contribution < 1.29 is 4.39 Å². The minimum atomic E-state index is -0.172. The van der Waals surface area contributed by atoms with Crippen molar-refractivity contribution in [2.45, 2.75) is 32.5 Å². The molecular weight excluding hydrogens is 217 g/mol. The standard InChI is InChI=1S/C13H20FN3/c1-8(2)7-10-12(16-17-13(10)15)9-5-3-4-6-11(9)14/h3-6,8,10,12-13,16-17H,7,15H2,1-2H3. The van der Waals surface area contributed by atoms with Crippen molar-refractivity contribution in [2.75, 3.05) is 0 Å². The SMILES string of the molecule is CC(C)CC1C(N)NNC1c1ccccc1F. The number of rotatable bonds is 3. The third-order valence-electron chi connectivity index (χ3n) is 3.28. The minimum absolute atomic E-state index is 0.0476. The van der Waals surface area contributed by atoms with E-state index in [0.717, 1.165) is 6.42 Å². The van der Waals surface area contributed by atoms with Crippen LogP contribution in [0, 0.1) is 17.7 Å². The second kappa shape index (κ2) is 5.12. The molecular formula is C13H20FN3. The van der Waals surface area contributed by atoms with Crippen molar-refractivity contribution in [1.29, 1.82) is 0 Å². The summed E-state index contributed by atoms with van der Waals surface area (Å²) >= 11 is 0. The molecule has 0 saturated carbocycles. The van der Waals surface area contributed by atoms with E-state index in [1.165, 1.54) is 6.07 Å². The van der Waals surface area contributed by atoms with Gasteiger partial charge in [-0.3, -0.25) is 0 Å². The monoisotopic (exact) mass is 237 g/mol. The summed E-state index contributed by atoms with van der Waals surface area (Å²) in [6.45, 7) is 4.31. The maximum absolute atomic E-state index is 13.8. The number of hydrogen-bond donors (Lipinski definition) is 3. The number of hydrazine groups is 1. The lowest BCUT2D eigenvalue weighted by Gasteiger charge is -2.23. The van der Waals surface area contributed by atoms with Crippen LogP contribution in [0.2, 0.25) is 0 Å². The molecule has 94 valence electrons. The van der Waals surface area contributed by atoms with Crippen molar-refractivity contribution in [2.24, 2.45) is 17.6 Å². The molecule has 3 unspecified atom stereocenters. The lowest BCUT2D eigenvalue weighted by Crippen LogP contribution is -2.39. The Kier molecular flexibility index (Phi) is 3.76. The van der Waals surface area contributed by atoms with Crippen molar-refractivity contribution in [3.05, 3.63) is 35.6 Å². The normalized spacial score (nSPS) is 28.9. The highest BCUT2D eigenvalue weighted by Gasteiger charge is 2.35. The highest BCUT2D eigenvalue weighted by atomic mass is 19.1. The first-order valence-electron chi connectivity index (χ1n) is 6.10. The average Bonchev–Trinajstić information content (AvgIpc) is 2.61. The van der Waals surface area contributed by atoms with Crippen LogP contribution in [0.5, 0.6) is 0 Å². The Morgan fingerprint density at radius 3 is 2.65 bits per heavy atom. The number of benzene rings is 1. The Morgan fingerprint density at radius 2 is 2.00 bits per heavy atom. The van der Waals surface area contributed by atoms with Gasteiger partial charge in [-0.25, -0.2) is 15.2 Å². The van der Waals surface area contributed by atoms with Crippen LogP contribution in [0.4, 0.5) is 4.39 Å². The van der Waals surface area contributed by atoms with Crippen LogP contribution in [0.25, 0.3) is 0 Å². The summed E-state index contributed by atoms with van der Waals surface area (Å²) < 4.78 is 13.8. The van der Waals surface area contributed by atoms with Crippen LogP contribution in [0.3, 0.4) is 0 Å². The van der Waals surface area contributed by atoms with Gasteiger partial charge in [0.25, 0.3) is 0 Å². The summed E-state index contributed by atoms with van der Waals surface area (Å²) in [5, 5.41) is 0. The van der Waals surface area contributed by atoms with Gasteiger partial charge < -0.3 is 5.73 Å². The fourth-order valence-corrected chi connectivity index (χ4v) is 2.47. The van der Waals surface area contributed by atoms with Gasteiger partial charge in [0.1, 0.15) is 5.82 Å². The molecule has 17 heavy (non-hydrogen) atoms. The molecule has 1 aliphatic heterocycles. The number of hydrogen-bond acceptors (Lipinski definition) is 3. The fraction of sp³-hybridized carbons (Fsp3) is 0.538. The Hall–Kier alpha value is -0.970. The topological polar surface area (TPSA) is 50.1 Å². The quantitative estimate of drug-likeness (QED) is 0.753. The molecule has 0 bridgehead atoms. The van der Waals surface area contributed by atoms with E-state index in [1.807, 2.05) is 12.1 Å². The van der Waals surface area contributed by atoms with Gasteiger partial charge in [0.15, 0.2) is 0 Å². The minimum Gasteiger partial charge on any atom is -0.315 e. The molecule has 1 aromatic rings. The fourth-order valence-electron chi connectivity index (χ4n) is 2.47. The first-order chi connectivity index (χ1) is 8.09. The van der Waals surface area contributed by atoms with Gasteiger partial charge in [-0.15, -0.1) is 0 Å². The van der Waals surface area contributed by atoms with E-state index in [2.05, 4.69) is 24.7 Å². The molecule has 4 heteroatoms. The zero-order chi connectivity index (χ0) is 12.4. The third-order valence-corrected chi connectivity index (χ3v) is 3.28. The highest BCUT2D eigenvalue weighted by molar-refractivity contribution is 5.23. The second-order valence-electron chi connectivity index (χ2n) is 5.11. The molecule has 0 spiro atoms.